The van der Waals surface area contributed by atoms with E-state index in [-0.39, 0.29) is 31.3 Å². The normalized spacial score (nSPS) is 24.6. The molecule has 0 spiro atoms. The van der Waals surface area contributed by atoms with Gasteiger partial charge in [0.2, 0.25) is 21.8 Å². The highest BCUT2D eigenvalue weighted by molar-refractivity contribution is 7.89. The van der Waals surface area contributed by atoms with Crippen molar-refractivity contribution in [2.75, 3.05) is 44.7 Å². The van der Waals surface area contributed by atoms with Gasteiger partial charge in [-0.25, -0.2) is 8.42 Å². The summed E-state index contributed by atoms with van der Waals surface area (Å²) in [7, 11) is -2.24. The molecule has 0 aromatic heterocycles. The van der Waals surface area contributed by atoms with E-state index in [0.717, 1.165) is 47.9 Å². The smallest absolute Gasteiger partial charge is 0.242 e. The number of hydrogen-bond donors (Lipinski definition) is 1. The van der Waals surface area contributed by atoms with Crippen molar-refractivity contribution in [3.05, 3.63) is 29.8 Å². The Labute approximate surface area is 184 Å². The zero-order chi connectivity index (χ0) is 22.2. The predicted octanol–water partition coefficient (Wildman–Crippen LogP) is 0.826. The maximum atomic E-state index is 13.1. The summed E-state index contributed by atoms with van der Waals surface area (Å²) in [6, 6.07) is 7.25. The molecule has 1 aromatic rings. The molecule has 0 aliphatic carbocycles. The highest BCUT2D eigenvalue weighted by Crippen LogP contribution is 2.28. The Morgan fingerprint density at radius 2 is 1.87 bits per heavy atom. The van der Waals surface area contributed by atoms with Gasteiger partial charge in [0.1, 0.15) is 0 Å². The van der Waals surface area contributed by atoms with Gasteiger partial charge in [-0.05, 0) is 43.2 Å². The minimum Gasteiger partial charge on any atom is -0.341 e. The van der Waals surface area contributed by atoms with Crippen molar-refractivity contribution in [1.82, 2.24) is 14.5 Å². The van der Waals surface area contributed by atoms with E-state index in [4.69, 9.17) is 0 Å². The molecule has 2 amide bonds. The average Bonchev–Trinajstić information content (AvgIpc) is 3.41. The Kier molecular flexibility index (Phi) is 6.37. The van der Waals surface area contributed by atoms with Crippen LogP contribution in [0.2, 0.25) is 0 Å². The fourth-order valence-electron chi connectivity index (χ4n) is 4.79. The van der Waals surface area contributed by atoms with E-state index in [1.807, 2.05) is 29.2 Å². The number of piperidine rings is 1. The molecule has 31 heavy (non-hydrogen) atoms. The largest absolute Gasteiger partial charge is 0.341 e. The fraction of sp³-hybridized carbons (Fsp3) is 0.636. The van der Waals surface area contributed by atoms with Crippen molar-refractivity contribution in [1.29, 1.82) is 0 Å². The van der Waals surface area contributed by atoms with E-state index in [9.17, 15) is 18.0 Å². The molecule has 3 heterocycles. The Morgan fingerprint density at radius 3 is 2.61 bits per heavy atom. The number of carbonyl (C=O) groups is 2. The number of fused-ring (bicyclic) bond motifs is 1. The topological polar surface area (TPSA) is 90.0 Å². The third-order valence-corrected chi connectivity index (χ3v) is 9.09. The number of benzene rings is 1. The number of rotatable bonds is 5. The second kappa shape index (κ2) is 8.88. The van der Waals surface area contributed by atoms with Crippen LogP contribution in [0.4, 0.5) is 5.69 Å². The van der Waals surface area contributed by atoms with Crippen LogP contribution in [0.15, 0.2) is 24.3 Å². The van der Waals surface area contributed by atoms with E-state index >= 15 is 0 Å². The number of amides is 2. The first-order valence-electron chi connectivity index (χ1n) is 11.1. The number of carbonyl (C=O) groups excluding carboxylic acids is 2. The SMILES string of the molecule is CC1CCN(C(=O)C2CC(S(=O)(=O)N(C)CC(=O)N3CCc4ccccc43)CN2)CC1. The molecule has 0 radical (unpaired) electrons. The number of nitrogens with zero attached hydrogens (tertiary/aromatic N) is 3. The van der Waals surface area contributed by atoms with Crippen LogP contribution in [0.5, 0.6) is 0 Å². The van der Waals surface area contributed by atoms with Crippen molar-refractivity contribution < 1.29 is 18.0 Å². The first kappa shape index (κ1) is 22.2. The van der Waals surface area contributed by atoms with Gasteiger partial charge in [0, 0.05) is 38.9 Å². The van der Waals surface area contributed by atoms with Gasteiger partial charge < -0.3 is 15.1 Å². The van der Waals surface area contributed by atoms with Gasteiger partial charge in [-0.1, -0.05) is 25.1 Å². The molecule has 2 fully saturated rings. The molecule has 1 N–H and O–H groups in total. The summed E-state index contributed by atoms with van der Waals surface area (Å²) in [5, 5.41) is 2.40. The van der Waals surface area contributed by atoms with Crippen molar-refractivity contribution in [2.24, 2.45) is 5.92 Å². The summed E-state index contributed by atoms with van der Waals surface area (Å²) in [6.07, 6.45) is 3.01. The van der Waals surface area contributed by atoms with Gasteiger partial charge in [-0.15, -0.1) is 0 Å². The van der Waals surface area contributed by atoms with Crippen LogP contribution in [0.25, 0.3) is 0 Å². The molecule has 9 heteroatoms. The quantitative estimate of drug-likeness (QED) is 0.721. The lowest BCUT2D eigenvalue weighted by Crippen LogP contribution is -2.46. The molecule has 0 saturated carbocycles. The Bertz CT molecular complexity index is 943. The lowest BCUT2D eigenvalue weighted by atomic mass is 9.98. The molecule has 0 bridgehead atoms. The van der Waals surface area contributed by atoms with Gasteiger partial charge in [0.15, 0.2) is 0 Å². The van der Waals surface area contributed by atoms with Crippen LogP contribution in [0, 0.1) is 5.92 Å². The van der Waals surface area contributed by atoms with Gasteiger partial charge in [-0.3, -0.25) is 9.59 Å². The number of nitrogens with one attached hydrogen (secondary N) is 1. The molecule has 2 atom stereocenters. The molecule has 3 aliphatic rings. The van der Waals surface area contributed by atoms with Crippen molar-refractivity contribution in [3.8, 4) is 0 Å². The van der Waals surface area contributed by atoms with Crippen molar-refractivity contribution in [3.63, 3.8) is 0 Å². The van der Waals surface area contributed by atoms with Crippen molar-refractivity contribution >= 4 is 27.5 Å². The van der Waals surface area contributed by atoms with Crippen LogP contribution in [0.1, 0.15) is 31.7 Å². The van der Waals surface area contributed by atoms with E-state index in [1.165, 1.54) is 7.05 Å². The summed E-state index contributed by atoms with van der Waals surface area (Å²) in [5.74, 6) is 0.400. The summed E-state index contributed by atoms with van der Waals surface area (Å²) >= 11 is 0. The molecule has 4 rings (SSSR count). The fourth-order valence-corrected chi connectivity index (χ4v) is 6.33. The van der Waals surface area contributed by atoms with E-state index in [0.29, 0.717) is 12.5 Å². The Balaban J connectivity index is 1.35. The third-order valence-electron chi connectivity index (χ3n) is 6.89. The number of hydrogen-bond acceptors (Lipinski definition) is 5. The third kappa shape index (κ3) is 4.49. The van der Waals surface area contributed by atoms with Gasteiger partial charge in [-0.2, -0.15) is 4.31 Å². The van der Waals surface area contributed by atoms with Crippen molar-refractivity contribution in [2.45, 2.75) is 43.9 Å². The van der Waals surface area contributed by atoms with Gasteiger partial charge >= 0.3 is 0 Å². The number of anilines is 1. The first-order valence-corrected chi connectivity index (χ1v) is 12.6. The maximum absolute atomic E-state index is 13.1. The Morgan fingerprint density at radius 1 is 1.16 bits per heavy atom. The molecule has 2 unspecified atom stereocenters. The molecule has 3 aliphatic heterocycles. The molecular weight excluding hydrogens is 416 g/mol. The molecule has 170 valence electrons. The first-order chi connectivity index (χ1) is 14.8. The van der Waals surface area contributed by atoms with E-state index in [1.54, 1.807) is 4.90 Å². The highest BCUT2D eigenvalue weighted by Gasteiger charge is 2.41. The zero-order valence-corrected chi connectivity index (χ0v) is 19.1. The summed E-state index contributed by atoms with van der Waals surface area (Å²) in [6.45, 7) is 4.27. The Hall–Kier alpha value is -1.97. The monoisotopic (exact) mass is 448 g/mol. The average molecular weight is 449 g/mol. The lowest BCUT2D eigenvalue weighted by molar-refractivity contribution is -0.134. The van der Waals surface area contributed by atoms with E-state index in [2.05, 4.69) is 12.2 Å². The number of sulfonamides is 1. The van der Waals surface area contributed by atoms with Crippen LogP contribution < -0.4 is 10.2 Å². The minimum absolute atomic E-state index is 0.00277. The predicted molar refractivity (Wildman–Crippen MR) is 119 cm³/mol. The summed E-state index contributed by atoms with van der Waals surface area (Å²) in [4.78, 5) is 29.2. The minimum atomic E-state index is -3.69. The molecule has 2 saturated heterocycles. The number of para-hydroxylation sites is 1. The zero-order valence-electron chi connectivity index (χ0n) is 18.3. The lowest BCUT2D eigenvalue weighted by Gasteiger charge is -2.32. The number of likely N-dealkylation sites (tertiary alicyclic amines) is 1. The van der Waals surface area contributed by atoms with Gasteiger partial charge in [0.25, 0.3) is 0 Å². The van der Waals surface area contributed by atoms with Crippen LogP contribution >= 0.6 is 0 Å². The maximum Gasteiger partial charge on any atom is 0.242 e. The molecule has 8 nitrogen and oxygen atoms in total. The second-order valence-electron chi connectivity index (χ2n) is 9.05. The standard InChI is InChI=1S/C22H32N4O4S/c1-16-7-10-25(11-8-16)22(28)19-13-18(14-23-19)31(29,30)24(2)15-21(27)26-12-9-17-5-3-4-6-20(17)26/h3-6,16,18-19,23H,7-15H2,1-2H3. The number of likely N-dealkylation sites (N-methyl/N-ethyl adjacent to an activating group) is 1. The summed E-state index contributed by atoms with van der Waals surface area (Å²) < 4.78 is 27.4. The van der Waals surface area contributed by atoms with Crippen LogP contribution in [-0.2, 0) is 26.0 Å². The molecule has 1 aromatic carbocycles. The summed E-state index contributed by atoms with van der Waals surface area (Å²) in [5.41, 5.74) is 1.97. The van der Waals surface area contributed by atoms with Crippen LogP contribution in [0.3, 0.4) is 0 Å². The molecular formula is C22H32N4O4S. The van der Waals surface area contributed by atoms with Gasteiger partial charge in [0.05, 0.1) is 17.8 Å². The second-order valence-corrected chi connectivity index (χ2v) is 11.4. The van der Waals surface area contributed by atoms with Crippen LogP contribution in [-0.4, -0.2) is 80.5 Å². The highest BCUT2D eigenvalue weighted by atomic mass is 32.2. The van der Waals surface area contributed by atoms with E-state index < -0.39 is 21.3 Å².